The molecule has 0 radical (unpaired) electrons. The molecule has 0 spiro atoms. The average Bonchev–Trinajstić information content (AvgIpc) is 2.18. The summed E-state index contributed by atoms with van der Waals surface area (Å²) in [6, 6.07) is 10.1. The number of hydrogen-bond acceptors (Lipinski definition) is 2. The van der Waals surface area contributed by atoms with Crippen LogP contribution in [0.5, 0.6) is 0 Å². The van der Waals surface area contributed by atoms with Gasteiger partial charge in [0.15, 0.2) is 0 Å². The summed E-state index contributed by atoms with van der Waals surface area (Å²) >= 11 is 2.94. The van der Waals surface area contributed by atoms with Crippen LogP contribution >= 0.6 is 0 Å². The molecule has 0 heterocycles. The molecular weight excluding hydrogens is 241 g/mol. The van der Waals surface area contributed by atoms with Crippen LogP contribution in [0.15, 0.2) is 30.3 Å². The molecule has 1 aromatic carbocycles. The molecule has 0 N–H and O–H groups in total. The fourth-order valence-corrected chi connectivity index (χ4v) is 1.44. The van der Waals surface area contributed by atoms with E-state index in [2.05, 4.69) is 20.5 Å². The van der Waals surface area contributed by atoms with Crippen molar-refractivity contribution in [3.63, 3.8) is 0 Å². The molecule has 0 bridgehead atoms. The van der Waals surface area contributed by atoms with Crippen LogP contribution in [0.25, 0.3) is 0 Å². The third-order valence-corrected chi connectivity index (χ3v) is 2.52. The maximum atomic E-state index is 5.56. The summed E-state index contributed by atoms with van der Waals surface area (Å²) in [4.78, 5) is 2.10. The van der Waals surface area contributed by atoms with Crippen LogP contribution in [0, 0.1) is 0 Å². The van der Waals surface area contributed by atoms with Crippen LogP contribution in [-0.2, 0) is 4.74 Å². The number of hydrogen-bond donors (Lipinski definition) is 0. The number of benzene rings is 1. The predicted octanol–water partition coefficient (Wildman–Crippen LogP) is 0.911. The molecule has 1 aromatic rings. The molecule has 0 aliphatic heterocycles. The van der Waals surface area contributed by atoms with Gasteiger partial charge in [0.05, 0.1) is 0 Å². The first-order valence-electron chi connectivity index (χ1n) is 4.57. The Hall–Kier alpha value is -0.631. The quantitative estimate of drug-likeness (QED) is 0.726. The first-order valence-corrected chi connectivity index (χ1v) is 5.42. The molecule has 0 aliphatic carbocycles. The van der Waals surface area contributed by atoms with Gasteiger partial charge in [-0.15, -0.1) is 0 Å². The molecule has 0 fully saturated rings. The molecule has 0 aliphatic rings. The van der Waals surface area contributed by atoms with Crippen molar-refractivity contribution >= 4 is 20.2 Å². The number of ether oxygens (including phenoxy) is 1. The Balaban J connectivity index is 2.36. The number of likely N-dealkylation sites (N-methyl/N-ethyl adjacent to an activating group) is 1. The molecule has 1 rings (SSSR count). The zero-order chi connectivity index (χ0) is 10.4. The summed E-state index contributed by atoms with van der Waals surface area (Å²) in [7, 11) is 4.07. The summed E-state index contributed by atoms with van der Waals surface area (Å²) in [6.07, 6.45) is 0. The van der Waals surface area contributed by atoms with Crippen molar-refractivity contribution in [1.29, 1.82) is 0 Å². The van der Waals surface area contributed by atoms with Crippen molar-refractivity contribution in [1.82, 2.24) is 4.90 Å². The van der Waals surface area contributed by atoms with Gasteiger partial charge in [0, 0.05) is 0 Å². The van der Waals surface area contributed by atoms with Gasteiger partial charge in [-0.05, 0) is 0 Å². The van der Waals surface area contributed by atoms with Crippen molar-refractivity contribution in [3.05, 3.63) is 35.9 Å². The van der Waals surface area contributed by atoms with Gasteiger partial charge >= 0.3 is 93.0 Å². The fourth-order valence-electron chi connectivity index (χ4n) is 0.978. The van der Waals surface area contributed by atoms with Gasteiger partial charge in [-0.1, -0.05) is 0 Å². The first kappa shape index (κ1) is 11.4. The van der Waals surface area contributed by atoms with Gasteiger partial charge in [-0.2, -0.15) is 0 Å². The van der Waals surface area contributed by atoms with Gasteiger partial charge in [0.2, 0.25) is 0 Å². The normalized spacial score (nSPS) is 10.2. The molecule has 0 unspecified atom stereocenters. The molecule has 0 aromatic heterocycles. The second-order valence-corrected chi connectivity index (χ2v) is 4.08. The van der Waals surface area contributed by atoms with E-state index in [1.807, 2.05) is 44.4 Å². The van der Waals surface area contributed by atoms with Gasteiger partial charge < -0.3 is 0 Å². The molecule has 2 nitrogen and oxygen atoms in total. The van der Waals surface area contributed by atoms with Crippen LogP contribution in [0.3, 0.4) is 0 Å². The van der Waals surface area contributed by atoms with Crippen LogP contribution in [0.2, 0.25) is 0 Å². The predicted molar refractivity (Wildman–Crippen MR) is 60.8 cm³/mol. The van der Waals surface area contributed by atoms with Gasteiger partial charge in [-0.25, -0.2) is 0 Å². The van der Waals surface area contributed by atoms with E-state index in [1.165, 1.54) is 0 Å². The van der Waals surface area contributed by atoms with Crippen LogP contribution < -0.4 is 0 Å². The molecule has 14 heavy (non-hydrogen) atoms. The first-order chi connectivity index (χ1) is 6.70. The second kappa shape index (κ2) is 5.97. The van der Waals surface area contributed by atoms with Crippen molar-refractivity contribution in [2.75, 3.05) is 27.2 Å². The van der Waals surface area contributed by atoms with E-state index in [-0.39, 0.29) is 0 Å². The fraction of sp³-hybridized carbons (Fsp3) is 0.364. The van der Waals surface area contributed by atoms with E-state index in [0.29, 0.717) is 6.61 Å². The van der Waals surface area contributed by atoms with E-state index < -0.39 is 0 Å². The summed E-state index contributed by atoms with van der Waals surface area (Å²) in [6.45, 7) is 1.64. The molecule has 0 atom stereocenters. The molecule has 3 heteroatoms. The monoisotopic (exact) mass is 257 g/mol. The molecule has 0 amide bonds. The zero-order valence-corrected chi connectivity index (χ0v) is 10.3. The standard InChI is InChI=1S/C11H15NOSe/c1-12(2)8-9-13-11(14)10-6-4-3-5-7-10/h3-7H,8-9H2,1-2H3. The summed E-state index contributed by atoms with van der Waals surface area (Å²) < 4.78 is 6.43. The molecule has 0 saturated carbocycles. The van der Waals surface area contributed by atoms with Gasteiger partial charge in [0.1, 0.15) is 0 Å². The van der Waals surface area contributed by atoms with Crippen molar-refractivity contribution in [2.45, 2.75) is 0 Å². The van der Waals surface area contributed by atoms with Crippen LogP contribution in [0.1, 0.15) is 5.56 Å². The minimum atomic E-state index is 0.713. The topological polar surface area (TPSA) is 12.5 Å². The zero-order valence-electron chi connectivity index (χ0n) is 8.56. The third-order valence-electron chi connectivity index (χ3n) is 1.78. The molecular formula is C11H15NOSe. The summed E-state index contributed by atoms with van der Waals surface area (Å²) in [5.41, 5.74) is 1.10. The van der Waals surface area contributed by atoms with Gasteiger partial charge in [-0.3, -0.25) is 0 Å². The van der Waals surface area contributed by atoms with E-state index in [9.17, 15) is 0 Å². The second-order valence-electron chi connectivity index (χ2n) is 3.31. The number of nitrogens with zero attached hydrogens (tertiary/aromatic N) is 1. The van der Waals surface area contributed by atoms with Crippen molar-refractivity contribution in [2.24, 2.45) is 0 Å². The SMILES string of the molecule is CN(C)CCOC(=[Se])c1ccccc1. The van der Waals surface area contributed by atoms with E-state index in [1.54, 1.807) is 0 Å². The van der Waals surface area contributed by atoms with Gasteiger partial charge in [0.25, 0.3) is 0 Å². The molecule has 0 saturated heterocycles. The maximum absolute atomic E-state index is 5.56. The Morgan fingerprint density at radius 3 is 2.50 bits per heavy atom. The Labute approximate surface area is 93.2 Å². The number of rotatable bonds is 5. The Morgan fingerprint density at radius 2 is 1.93 bits per heavy atom. The van der Waals surface area contributed by atoms with E-state index in [0.717, 1.165) is 16.7 Å². The van der Waals surface area contributed by atoms with E-state index in [4.69, 9.17) is 4.74 Å². The average molecular weight is 256 g/mol. The van der Waals surface area contributed by atoms with E-state index >= 15 is 0 Å². The Morgan fingerprint density at radius 1 is 1.29 bits per heavy atom. The van der Waals surface area contributed by atoms with Crippen molar-refractivity contribution < 1.29 is 4.74 Å². The summed E-state index contributed by atoms with van der Waals surface area (Å²) in [5.74, 6) is 0. The van der Waals surface area contributed by atoms with Crippen LogP contribution in [0.4, 0.5) is 0 Å². The Bertz CT molecular complexity index is 285. The Kier molecular flexibility index (Phi) is 4.88. The molecule has 76 valence electrons. The summed E-state index contributed by atoms with van der Waals surface area (Å²) in [5, 5.41) is 0. The van der Waals surface area contributed by atoms with Crippen LogP contribution in [-0.4, -0.2) is 52.3 Å². The minimum absolute atomic E-state index is 0.713. The third kappa shape index (κ3) is 4.05. The van der Waals surface area contributed by atoms with Crippen molar-refractivity contribution in [3.8, 4) is 0 Å².